The molecule has 1 amide bonds. The van der Waals surface area contributed by atoms with Gasteiger partial charge in [0.15, 0.2) is 6.23 Å². The van der Waals surface area contributed by atoms with E-state index in [1.165, 1.54) is 22.5 Å². The number of carbonyl (C=O) groups is 1. The Morgan fingerprint density at radius 1 is 1.02 bits per heavy atom. The van der Waals surface area contributed by atoms with Crippen LogP contribution < -0.4 is 10.2 Å². The Kier molecular flexibility index (Phi) is 9.45. The Hall–Kier alpha value is -4.28. The van der Waals surface area contributed by atoms with E-state index in [-0.39, 0.29) is 10.6 Å². The van der Waals surface area contributed by atoms with Crippen LogP contribution in [0.25, 0.3) is 0 Å². The predicted octanol–water partition coefficient (Wildman–Crippen LogP) is 6.06. The highest BCUT2D eigenvalue weighted by Crippen LogP contribution is 2.35. The molecule has 1 atom stereocenters. The predicted molar refractivity (Wildman–Crippen MR) is 165 cm³/mol. The number of piperazine rings is 1. The first-order valence-corrected chi connectivity index (χ1v) is 15.0. The number of aromatic nitrogens is 1. The molecule has 2 heterocycles. The zero-order valence-electron chi connectivity index (χ0n) is 23.6. The highest BCUT2D eigenvalue weighted by atomic mass is 32.1. The highest BCUT2D eigenvalue weighted by Gasteiger charge is 2.46. The molecule has 0 spiro atoms. The van der Waals surface area contributed by atoms with Crippen LogP contribution in [0.2, 0.25) is 0 Å². The monoisotopic (exact) mass is 585 g/mol. The third-order valence-electron chi connectivity index (χ3n) is 7.71. The minimum Gasteiger partial charge on any atom is -0.430 e. The van der Waals surface area contributed by atoms with E-state index >= 15 is 0 Å². The summed E-state index contributed by atoms with van der Waals surface area (Å²) in [7, 11) is 0. The van der Waals surface area contributed by atoms with Crippen molar-refractivity contribution in [1.29, 1.82) is 0 Å². The average Bonchev–Trinajstić information content (AvgIpc) is 3.54. The molecule has 1 aromatic heterocycles. The second-order valence-corrected chi connectivity index (χ2v) is 11.5. The van der Waals surface area contributed by atoms with E-state index in [2.05, 4.69) is 44.4 Å². The van der Waals surface area contributed by atoms with Crippen LogP contribution in [0.3, 0.4) is 0 Å². The number of non-ortho nitro benzene ring substituents is 1. The molecule has 1 saturated heterocycles. The molecule has 1 N–H and O–H groups in total. The van der Waals surface area contributed by atoms with E-state index in [4.69, 9.17) is 4.74 Å². The standard InChI is InChI=1S/C32H35N5O4S/c1-2-30(41-31(38)34-22-29-21-33-24-42-29)36-18-17-35(27-13-15-28(16-14-27)37(39)40)23-32(36,19-25-9-5-3-6-10-25)20-26-11-7-4-8-12-26/h3-16,21,24,30H,2,17-20,22-23H2,1H3,(H,34,38). The number of alkyl carbamates (subject to hydrolysis) is 1. The molecule has 1 aliphatic heterocycles. The number of benzene rings is 3. The van der Waals surface area contributed by atoms with Gasteiger partial charge in [-0.05, 0) is 42.5 Å². The van der Waals surface area contributed by atoms with Gasteiger partial charge in [0.25, 0.3) is 5.69 Å². The van der Waals surface area contributed by atoms with E-state index < -0.39 is 17.9 Å². The lowest BCUT2D eigenvalue weighted by Crippen LogP contribution is -2.67. The molecule has 1 fully saturated rings. The van der Waals surface area contributed by atoms with Crippen LogP contribution in [-0.2, 0) is 24.1 Å². The summed E-state index contributed by atoms with van der Waals surface area (Å²) in [6.45, 7) is 4.40. The minimum atomic E-state index is -0.457. The van der Waals surface area contributed by atoms with Crippen molar-refractivity contribution in [3.05, 3.63) is 123 Å². The van der Waals surface area contributed by atoms with Crippen LogP contribution in [-0.4, -0.2) is 52.3 Å². The molecular weight excluding hydrogens is 550 g/mol. The van der Waals surface area contributed by atoms with Gasteiger partial charge >= 0.3 is 6.09 Å². The lowest BCUT2D eigenvalue weighted by molar-refractivity contribution is -0.384. The molecule has 218 valence electrons. The van der Waals surface area contributed by atoms with Gasteiger partial charge in [0.05, 0.1) is 17.0 Å². The molecule has 0 saturated carbocycles. The summed E-state index contributed by atoms with van der Waals surface area (Å²) in [6.07, 6.45) is 2.92. The maximum Gasteiger partial charge on any atom is 0.409 e. The van der Waals surface area contributed by atoms with Gasteiger partial charge in [-0.1, -0.05) is 67.6 Å². The molecule has 1 aliphatic rings. The number of nitro benzene ring substituents is 1. The van der Waals surface area contributed by atoms with Crippen LogP contribution in [0, 0.1) is 10.1 Å². The van der Waals surface area contributed by atoms with Crippen molar-refractivity contribution in [3.63, 3.8) is 0 Å². The summed E-state index contributed by atoms with van der Waals surface area (Å²) >= 11 is 1.49. The van der Waals surface area contributed by atoms with Crippen LogP contribution >= 0.6 is 11.3 Å². The zero-order valence-corrected chi connectivity index (χ0v) is 24.4. The SMILES string of the molecule is CCC(OC(=O)NCc1cncs1)N1CCN(c2ccc([N+](=O)[O-])cc2)CC1(Cc1ccccc1)Cc1ccccc1. The Labute approximate surface area is 249 Å². The largest absolute Gasteiger partial charge is 0.430 e. The van der Waals surface area contributed by atoms with Gasteiger partial charge in [-0.3, -0.25) is 20.0 Å². The molecule has 4 aromatic rings. The average molecular weight is 586 g/mol. The van der Waals surface area contributed by atoms with Gasteiger partial charge in [0.1, 0.15) is 0 Å². The van der Waals surface area contributed by atoms with Crippen molar-refractivity contribution >= 4 is 28.8 Å². The van der Waals surface area contributed by atoms with E-state index in [9.17, 15) is 14.9 Å². The number of nitro groups is 1. The number of hydrogen-bond donors (Lipinski definition) is 1. The topological polar surface area (TPSA) is 101 Å². The van der Waals surface area contributed by atoms with Gasteiger partial charge in [-0.25, -0.2) is 4.79 Å². The second kappa shape index (κ2) is 13.6. The first-order chi connectivity index (χ1) is 20.5. The molecular formula is C32H35N5O4S. The molecule has 5 rings (SSSR count). The number of carbonyl (C=O) groups excluding carboxylic acids is 1. The number of nitrogens with zero attached hydrogens (tertiary/aromatic N) is 4. The fourth-order valence-electron chi connectivity index (χ4n) is 5.80. The zero-order chi connectivity index (χ0) is 29.4. The molecule has 0 aliphatic carbocycles. The van der Waals surface area contributed by atoms with Crippen molar-refractivity contribution in [1.82, 2.24) is 15.2 Å². The molecule has 42 heavy (non-hydrogen) atoms. The fourth-order valence-corrected chi connectivity index (χ4v) is 6.33. The Bertz CT molecular complexity index is 1390. The molecule has 3 aromatic carbocycles. The van der Waals surface area contributed by atoms with E-state index in [0.29, 0.717) is 32.6 Å². The molecule has 9 nitrogen and oxygen atoms in total. The lowest BCUT2D eigenvalue weighted by Gasteiger charge is -2.54. The third kappa shape index (κ3) is 7.13. The normalized spacial score (nSPS) is 15.6. The number of amides is 1. The van der Waals surface area contributed by atoms with Crippen LogP contribution in [0.4, 0.5) is 16.2 Å². The molecule has 0 bridgehead atoms. The van der Waals surface area contributed by atoms with E-state index in [1.807, 2.05) is 55.5 Å². The van der Waals surface area contributed by atoms with Crippen molar-refractivity contribution in [3.8, 4) is 0 Å². The van der Waals surface area contributed by atoms with Gasteiger partial charge in [-0.15, -0.1) is 11.3 Å². The summed E-state index contributed by atoms with van der Waals surface area (Å²) in [5.41, 5.74) is 4.68. The maximum atomic E-state index is 13.0. The third-order valence-corrected chi connectivity index (χ3v) is 8.49. The minimum absolute atomic E-state index is 0.0704. The number of rotatable bonds is 11. The molecule has 0 radical (unpaired) electrons. The summed E-state index contributed by atoms with van der Waals surface area (Å²) < 4.78 is 6.12. The second-order valence-electron chi connectivity index (χ2n) is 10.5. The smallest absolute Gasteiger partial charge is 0.409 e. The first-order valence-electron chi connectivity index (χ1n) is 14.1. The van der Waals surface area contributed by atoms with Gasteiger partial charge in [0.2, 0.25) is 0 Å². The van der Waals surface area contributed by atoms with Gasteiger partial charge in [-0.2, -0.15) is 0 Å². The van der Waals surface area contributed by atoms with Crippen LogP contribution in [0.1, 0.15) is 29.3 Å². The van der Waals surface area contributed by atoms with Crippen molar-refractivity contribution < 1.29 is 14.5 Å². The number of thiazole rings is 1. The molecule has 1 unspecified atom stereocenters. The summed E-state index contributed by atoms with van der Waals surface area (Å²) in [6, 6.07) is 27.5. The number of ether oxygens (including phenoxy) is 1. The Morgan fingerprint density at radius 2 is 1.67 bits per heavy atom. The number of anilines is 1. The first kappa shape index (κ1) is 29.2. The van der Waals surface area contributed by atoms with E-state index in [0.717, 1.165) is 23.4 Å². The molecule has 10 heteroatoms. The van der Waals surface area contributed by atoms with Crippen LogP contribution in [0.15, 0.2) is 96.6 Å². The quantitative estimate of drug-likeness (QED) is 0.169. The lowest BCUT2D eigenvalue weighted by atomic mass is 9.80. The number of nitrogens with one attached hydrogen (secondary N) is 1. The van der Waals surface area contributed by atoms with Crippen molar-refractivity contribution in [2.45, 2.75) is 44.5 Å². The fraction of sp³-hybridized carbons (Fsp3) is 0.312. The van der Waals surface area contributed by atoms with E-state index in [1.54, 1.807) is 23.8 Å². The van der Waals surface area contributed by atoms with Crippen molar-refractivity contribution in [2.24, 2.45) is 0 Å². The highest BCUT2D eigenvalue weighted by molar-refractivity contribution is 7.09. The van der Waals surface area contributed by atoms with Gasteiger partial charge in [0, 0.05) is 54.1 Å². The number of hydrogen-bond acceptors (Lipinski definition) is 8. The van der Waals surface area contributed by atoms with Crippen molar-refractivity contribution in [2.75, 3.05) is 24.5 Å². The Balaban J connectivity index is 1.48. The summed E-state index contributed by atoms with van der Waals surface area (Å²) in [5, 5.41) is 14.2. The van der Waals surface area contributed by atoms with Crippen LogP contribution in [0.5, 0.6) is 0 Å². The maximum absolute atomic E-state index is 13.0. The summed E-state index contributed by atoms with van der Waals surface area (Å²) in [4.78, 5) is 33.6. The Morgan fingerprint density at radius 3 is 2.21 bits per heavy atom. The summed E-state index contributed by atoms with van der Waals surface area (Å²) in [5.74, 6) is 0. The van der Waals surface area contributed by atoms with Gasteiger partial charge < -0.3 is 15.0 Å².